The predicted octanol–water partition coefficient (Wildman–Crippen LogP) is 2.39. The molecule has 2 aromatic rings. The lowest BCUT2D eigenvalue weighted by Gasteiger charge is -2.44. The first kappa shape index (κ1) is 18.1. The van der Waals surface area contributed by atoms with Crippen molar-refractivity contribution in [3.05, 3.63) is 55.6 Å². The Bertz CT molecular complexity index is 918. The number of hydrogen-bond acceptors (Lipinski definition) is 5. The SMILES string of the molecule is O=C(NC1CC1)c1cc2c(s1)CCOC21CCN(Cc2ccc(=O)[nH]c2)CC1. The fourth-order valence-electron chi connectivity index (χ4n) is 4.30. The number of pyridine rings is 1. The molecule has 2 aromatic heterocycles. The largest absolute Gasteiger partial charge is 0.370 e. The van der Waals surface area contributed by atoms with E-state index >= 15 is 0 Å². The molecule has 1 saturated carbocycles. The van der Waals surface area contributed by atoms with Crippen LogP contribution in [0.4, 0.5) is 0 Å². The van der Waals surface area contributed by atoms with Crippen LogP contribution in [0.3, 0.4) is 0 Å². The van der Waals surface area contributed by atoms with E-state index < -0.39 is 0 Å². The number of hydrogen-bond donors (Lipinski definition) is 2. The van der Waals surface area contributed by atoms with E-state index in [1.807, 2.05) is 6.07 Å². The van der Waals surface area contributed by atoms with Gasteiger partial charge in [-0.3, -0.25) is 14.5 Å². The first-order chi connectivity index (χ1) is 13.6. The molecule has 4 heterocycles. The maximum Gasteiger partial charge on any atom is 0.261 e. The van der Waals surface area contributed by atoms with Gasteiger partial charge in [0.05, 0.1) is 17.1 Å². The summed E-state index contributed by atoms with van der Waals surface area (Å²) in [6.07, 6.45) is 6.78. The number of aromatic amines is 1. The second kappa shape index (κ2) is 7.13. The van der Waals surface area contributed by atoms with E-state index in [0.717, 1.165) is 68.8 Å². The summed E-state index contributed by atoms with van der Waals surface area (Å²) in [6.45, 7) is 3.45. The molecule has 1 spiro atoms. The van der Waals surface area contributed by atoms with Gasteiger partial charge in [-0.25, -0.2) is 0 Å². The zero-order chi connectivity index (χ0) is 19.1. The van der Waals surface area contributed by atoms with Gasteiger partial charge in [0.15, 0.2) is 0 Å². The van der Waals surface area contributed by atoms with Crippen molar-refractivity contribution in [1.82, 2.24) is 15.2 Å². The number of carbonyl (C=O) groups is 1. The topological polar surface area (TPSA) is 74.4 Å². The number of fused-ring (bicyclic) bond motifs is 2. The van der Waals surface area contributed by atoms with Crippen LogP contribution >= 0.6 is 11.3 Å². The van der Waals surface area contributed by atoms with E-state index in [1.54, 1.807) is 23.6 Å². The van der Waals surface area contributed by atoms with E-state index in [4.69, 9.17) is 4.74 Å². The van der Waals surface area contributed by atoms with Gasteiger partial charge in [-0.2, -0.15) is 0 Å². The van der Waals surface area contributed by atoms with Crippen LogP contribution in [-0.4, -0.2) is 41.5 Å². The number of rotatable bonds is 4. The normalized spacial score (nSPS) is 21.4. The van der Waals surface area contributed by atoms with Gasteiger partial charge in [0.25, 0.3) is 5.91 Å². The second-order valence-electron chi connectivity index (χ2n) is 8.13. The van der Waals surface area contributed by atoms with Crippen LogP contribution in [0.25, 0.3) is 0 Å². The Morgan fingerprint density at radius 1 is 1.32 bits per heavy atom. The highest BCUT2D eigenvalue weighted by atomic mass is 32.1. The average molecular weight is 400 g/mol. The summed E-state index contributed by atoms with van der Waals surface area (Å²) in [4.78, 5) is 31.0. The lowest BCUT2D eigenvalue weighted by Crippen LogP contribution is -2.45. The Hall–Kier alpha value is -1.96. The molecule has 1 saturated heterocycles. The van der Waals surface area contributed by atoms with Crippen molar-refractivity contribution in [1.29, 1.82) is 0 Å². The van der Waals surface area contributed by atoms with Crippen molar-refractivity contribution in [2.24, 2.45) is 0 Å². The van der Waals surface area contributed by atoms with Crippen molar-refractivity contribution >= 4 is 17.2 Å². The molecule has 148 valence electrons. The van der Waals surface area contributed by atoms with Gasteiger partial charge in [-0.15, -0.1) is 11.3 Å². The van der Waals surface area contributed by atoms with Crippen molar-refractivity contribution < 1.29 is 9.53 Å². The fourth-order valence-corrected chi connectivity index (χ4v) is 5.43. The summed E-state index contributed by atoms with van der Waals surface area (Å²) in [7, 11) is 0. The van der Waals surface area contributed by atoms with Crippen molar-refractivity contribution in [2.75, 3.05) is 19.7 Å². The standard InChI is InChI=1S/C21H25N3O3S/c25-19-4-1-14(12-22-19)13-24-8-6-21(7-9-24)16-11-18(20(26)23-15-2-3-15)28-17(16)5-10-27-21/h1,4,11-12,15H,2-3,5-10,13H2,(H,22,25)(H,23,26). The first-order valence-corrected chi connectivity index (χ1v) is 10.9. The number of nitrogens with one attached hydrogen (secondary N) is 2. The Balaban J connectivity index is 1.29. The summed E-state index contributed by atoms with van der Waals surface area (Å²) in [6, 6.07) is 5.95. The van der Waals surface area contributed by atoms with Gasteiger partial charge < -0.3 is 15.0 Å². The molecule has 3 aliphatic rings. The van der Waals surface area contributed by atoms with Crippen molar-refractivity contribution in [2.45, 2.75) is 50.3 Å². The smallest absolute Gasteiger partial charge is 0.261 e. The van der Waals surface area contributed by atoms with Crippen LogP contribution in [0.2, 0.25) is 0 Å². The molecule has 2 aliphatic heterocycles. The third-order valence-electron chi connectivity index (χ3n) is 6.06. The average Bonchev–Trinajstić information content (AvgIpc) is 3.40. The van der Waals surface area contributed by atoms with E-state index in [0.29, 0.717) is 6.04 Å². The monoisotopic (exact) mass is 399 g/mol. The minimum Gasteiger partial charge on any atom is -0.370 e. The molecule has 1 amide bonds. The quantitative estimate of drug-likeness (QED) is 0.828. The molecule has 1 aliphatic carbocycles. The van der Waals surface area contributed by atoms with Crippen molar-refractivity contribution in [3.63, 3.8) is 0 Å². The van der Waals surface area contributed by atoms with Crippen LogP contribution in [0.1, 0.15) is 51.4 Å². The van der Waals surface area contributed by atoms with E-state index in [-0.39, 0.29) is 17.1 Å². The molecular formula is C21H25N3O3S. The predicted molar refractivity (Wildman–Crippen MR) is 108 cm³/mol. The number of aromatic nitrogens is 1. The Morgan fingerprint density at radius 2 is 2.14 bits per heavy atom. The van der Waals surface area contributed by atoms with Gasteiger partial charge >= 0.3 is 0 Å². The van der Waals surface area contributed by atoms with Crippen LogP contribution in [0.5, 0.6) is 0 Å². The number of nitrogens with zero attached hydrogens (tertiary/aromatic N) is 1. The highest BCUT2D eigenvalue weighted by Gasteiger charge is 2.42. The third kappa shape index (κ3) is 3.54. The minimum absolute atomic E-state index is 0.0662. The number of piperidine rings is 1. The highest BCUT2D eigenvalue weighted by molar-refractivity contribution is 7.14. The van der Waals surface area contributed by atoms with Crippen molar-refractivity contribution in [3.8, 4) is 0 Å². The molecule has 0 radical (unpaired) electrons. The Morgan fingerprint density at radius 3 is 2.86 bits per heavy atom. The number of ether oxygens (including phenoxy) is 1. The Labute approximate surface area is 167 Å². The first-order valence-electron chi connectivity index (χ1n) is 10.1. The number of likely N-dealkylation sites (tertiary alicyclic amines) is 1. The number of thiophene rings is 1. The molecule has 6 nitrogen and oxygen atoms in total. The molecule has 2 N–H and O–H groups in total. The van der Waals surface area contributed by atoms with E-state index in [1.165, 1.54) is 10.4 Å². The highest BCUT2D eigenvalue weighted by Crippen LogP contribution is 2.44. The third-order valence-corrected chi connectivity index (χ3v) is 7.26. The van der Waals surface area contributed by atoms with Crippen LogP contribution in [0.15, 0.2) is 29.2 Å². The summed E-state index contributed by atoms with van der Waals surface area (Å²) in [5, 5.41) is 3.11. The lowest BCUT2D eigenvalue weighted by molar-refractivity contribution is -0.0980. The minimum atomic E-state index is -0.246. The molecule has 5 rings (SSSR count). The molecule has 28 heavy (non-hydrogen) atoms. The van der Waals surface area contributed by atoms with Gasteiger partial charge in [0.1, 0.15) is 0 Å². The summed E-state index contributed by atoms with van der Waals surface area (Å²) in [5.41, 5.74) is 2.05. The molecular weight excluding hydrogens is 374 g/mol. The van der Waals surface area contributed by atoms with Gasteiger partial charge in [0.2, 0.25) is 5.56 Å². The van der Waals surface area contributed by atoms with Gasteiger partial charge in [-0.05, 0) is 42.9 Å². The molecule has 0 unspecified atom stereocenters. The summed E-state index contributed by atoms with van der Waals surface area (Å²) >= 11 is 1.65. The molecule has 2 fully saturated rings. The maximum atomic E-state index is 12.5. The zero-order valence-electron chi connectivity index (χ0n) is 15.8. The zero-order valence-corrected chi connectivity index (χ0v) is 16.6. The van der Waals surface area contributed by atoms with Crippen LogP contribution in [-0.2, 0) is 23.3 Å². The number of H-pyrrole nitrogens is 1. The molecule has 7 heteroatoms. The summed E-state index contributed by atoms with van der Waals surface area (Å²) < 4.78 is 6.33. The fraction of sp³-hybridized carbons (Fsp3) is 0.524. The van der Waals surface area contributed by atoms with E-state index in [9.17, 15) is 9.59 Å². The lowest BCUT2D eigenvalue weighted by atomic mass is 9.82. The second-order valence-corrected chi connectivity index (χ2v) is 9.26. The Kier molecular flexibility index (Phi) is 4.61. The van der Waals surface area contributed by atoms with Gasteiger partial charge in [0, 0.05) is 49.2 Å². The van der Waals surface area contributed by atoms with Crippen LogP contribution in [0, 0.1) is 0 Å². The summed E-state index contributed by atoms with van der Waals surface area (Å²) in [5.74, 6) is 0.0764. The van der Waals surface area contributed by atoms with Crippen LogP contribution < -0.4 is 10.9 Å². The van der Waals surface area contributed by atoms with Gasteiger partial charge in [-0.1, -0.05) is 6.07 Å². The number of carbonyl (C=O) groups excluding carboxylic acids is 1. The molecule has 0 atom stereocenters. The molecule has 0 bridgehead atoms. The maximum absolute atomic E-state index is 12.5. The number of amides is 1. The molecule has 0 aromatic carbocycles. The van der Waals surface area contributed by atoms with E-state index in [2.05, 4.69) is 21.3 Å².